The zero-order chi connectivity index (χ0) is 15.1. The summed E-state index contributed by atoms with van der Waals surface area (Å²) in [6, 6.07) is 6.47. The van der Waals surface area contributed by atoms with Gasteiger partial charge >= 0.3 is 0 Å². The van der Waals surface area contributed by atoms with Crippen LogP contribution in [0.3, 0.4) is 0 Å². The molecule has 0 radical (unpaired) electrons. The molecule has 0 bridgehead atoms. The van der Waals surface area contributed by atoms with E-state index in [0.717, 1.165) is 6.07 Å². The third-order valence-corrected chi connectivity index (χ3v) is 3.61. The minimum atomic E-state index is -0.696. The Morgan fingerprint density at radius 3 is 2.71 bits per heavy atom. The molecule has 1 heterocycles. The zero-order valence-corrected chi connectivity index (χ0v) is 11.4. The molecule has 0 saturated heterocycles. The van der Waals surface area contributed by atoms with Crippen LogP contribution in [0.2, 0.25) is 5.02 Å². The second-order valence-electron chi connectivity index (χ2n) is 4.75. The number of aromatic hydroxyl groups is 2. The molecule has 21 heavy (non-hydrogen) atoms. The Balaban J connectivity index is 2.01. The SMILES string of the molecule is O=C1CC(c2ccc(Cl)c(F)c2)Oc2cc(O)cc(O)c21. The third kappa shape index (κ3) is 2.40. The molecule has 1 aliphatic rings. The van der Waals surface area contributed by atoms with E-state index in [1.807, 2.05) is 0 Å². The predicted molar refractivity (Wildman–Crippen MR) is 73.5 cm³/mol. The standard InChI is InChI=1S/C15H10ClFO4/c16-9-2-1-7(3-10(9)17)13-6-12(20)15-11(19)4-8(18)5-14(15)21-13/h1-5,13,18-19H,6H2. The van der Waals surface area contributed by atoms with Crippen molar-refractivity contribution >= 4 is 17.4 Å². The van der Waals surface area contributed by atoms with Gasteiger partial charge in [-0.3, -0.25) is 4.79 Å². The Hall–Kier alpha value is -2.27. The van der Waals surface area contributed by atoms with Crippen LogP contribution >= 0.6 is 11.6 Å². The number of halogens is 2. The molecule has 1 aliphatic heterocycles. The molecule has 0 spiro atoms. The van der Waals surface area contributed by atoms with Crippen molar-refractivity contribution in [2.75, 3.05) is 0 Å². The highest BCUT2D eigenvalue weighted by Crippen LogP contribution is 2.41. The molecule has 3 rings (SSSR count). The van der Waals surface area contributed by atoms with Gasteiger partial charge in [-0.2, -0.15) is 0 Å². The average molecular weight is 309 g/mol. The molecule has 0 amide bonds. The van der Waals surface area contributed by atoms with E-state index in [2.05, 4.69) is 0 Å². The minimum Gasteiger partial charge on any atom is -0.508 e. The Morgan fingerprint density at radius 1 is 1.24 bits per heavy atom. The van der Waals surface area contributed by atoms with Gasteiger partial charge in [-0.05, 0) is 17.7 Å². The van der Waals surface area contributed by atoms with Crippen molar-refractivity contribution in [2.24, 2.45) is 0 Å². The Bertz CT molecular complexity index is 745. The van der Waals surface area contributed by atoms with Gasteiger partial charge in [-0.25, -0.2) is 4.39 Å². The van der Waals surface area contributed by atoms with Crippen LogP contribution in [0.1, 0.15) is 28.4 Å². The summed E-state index contributed by atoms with van der Waals surface area (Å²) in [7, 11) is 0. The van der Waals surface area contributed by atoms with Crippen LogP contribution < -0.4 is 4.74 Å². The molecular weight excluding hydrogens is 299 g/mol. The van der Waals surface area contributed by atoms with Gasteiger partial charge in [0, 0.05) is 12.1 Å². The van der Waals surface area contributed by atoms with Gasteiger partial charge in [0.05, 0.1) is 11.4 Å². The normalized spacial score (nSPS) is 17.2. The number of hydrogen-bond acceptors (Lipinski definition) is 4. The van der Waals surface area contributed by atoms with Gasteiger partial charge in [-0.15, -0.1) is 0 Å². The van der Waals surface area contributed by atoms with Crippen molar-refractivity contribution in [1.29, 1.82) is 0 Å². The largest absolute Gasteiger partial charge is 0.508 e. The summed E-state index contributed by atoms with van der Waals surface area (Å²) >= 11 is 5.62. The van der Waals surface area contributed by atoms with Crippen molar-refractivity contribution in [2.45, 2.75) is 12.5 Å². The van der Waals surface area contributed by atoms with Gasteiger partial charge in [0.15, 0.2) is 5.78 Å². The van der Waals surface area contributed by atoms with Crippen LogP contribution in [-0.4, -0.2) is 16.0 Å². The number of Topliss-reactive ketones (excluding diaryl/α,β-unsaturated/α-hetero) is 1. The van der Waals surface area contributed by atoms with Crippen LogP contribution in [0.5, 0.6) is 17.2 Å². The van der Waals surface area contributed by atoms with E-state index in [4.69, 9.17) is 16.3 Å². The molecule has 4 nitrogen and oxygen atoms in total. The maximum absolute atomic E-state index is 13.5. The highest BCUT2D eigenvalue weighted by molar-refractivity contribution is 6.30. The smallest absolute Gasteiger partial charge is 0.174 e. The van der Waals surface area contributed by atoms with Crippen molar-refractivity contribution in [3.05, 3.63) is 52.3 Å². The molecule has 2 aromatic carbocycles. The summed E-state index contributed by atoms with van der Waals surface area (Å²) in [5.41, 5.74) is 0.484. The first-order valence-electron chi connectivity index (χ1n) is 6.16. The number of fused-ring (bicyclic) bond motifs is 1. The van der Waals surface area contributed by atoms with Gasteiger partial charge in [0.1, 0.15) is 34.7 Å². The lowest BCUT2D eigenvalue weighted by Crippen LogP contribution is -2.20. The molecule has 6 heteroatoms. The van der Waals surface area contributed by atoms with E-state index in [0.29, 0.717) is 5.56 Å². The average Bonchev–Trinajstić information content (AvgIpc) is 2.40. The fourth-order valence-electron chi connectivity index (χ4n) is 2.32. The first-order valence-corrected chi connectivity index (χ1v) is 6.54. The van der Waals surface area contributed by atoms with Gasteiger partial charge in [0.2, 0.25) is 0 Å². The molecular formula is C15H10ClFO4. The number of carbonyl (C=O) groups is 1. The zero-order valence-electron chi connectivity index (χ0n) is 10.6. The highest BCUT2D eigenvalue weighted by Gasteiger charge is 2.31. The van der Waals surface area contributed by atoms with E-state index in [-0.39, 0.29) is 40.0 Å². The second kappa shape index (κ2) is 4.93. The maximum atomic E-state index is 13.5. The summed E-state index contributed by atoms with van der Waals surface area (Å²) in [5, 5.41) is 19.2. The summed E-state index contributed by atoms with van der Waals surface area (Å²) in [6.45, 7) is 0. The maximum Gasteiger partial charge on any atom is 0.174 e. The van der Waals surface area contributed by atoms with Crippen LogP contribution in [0.4, 0.5) is 4.39 Å². The molecule has 0 aliphatic carbocycles. The minimum absolute atomic E-state index is 0.0171. The number of ether oxygens (including phenoxy) is 1. The Labute approximate surface area is 124 Å². The summed E-state index contributed by atoms with van der Waals surface area (Å²) in [5.74, 6) is -1.43. The molecule has 0 aromatic heterocycles. The second-order valence-corrected chi connectivity index (χ2v) is 5.15. The Kier molecular flexibility index (Phi) is 3.22. The van der Waals surface area contributed by atoms with Gasteiger partial charge in [-0.1, -0.05) is 17.7 Å². The molecule has 2 N–H and O–H groups in total. The molecule has 1 unspecified atom stereocenters. The first-order chi connectivity index (χ1) is 9.95. The molecule has 2 aromatic rings. The number of rotatable bonds is 1. The monoisotopic (exact) mass is 308 g/mol. The third-order valence-electron chi connectivity index (χ3n) is 3.30. The van der Waals surface area contributed by atoms with Crippen molar-refractivity contribution in [1.82, 2.24) is 0 Å². The van der Waals surface area contributed by atoms with Gasteiger partial charge in [0.25, 0.3) is 0 Å². The fraction of sp³-hybridized carbons (Fsp3) is 0.133. The van der Waals surface area contributed by atoms with Crippen LogP contribution in [0.15, 0.2) is 30.3 Å². The quantitative estimate of drug-likeness (QED) is 0.844. The summed E-state index contributed by atoms with van der Waals surface area (Å²) < 4.78 is 19.1. The first kappa shape index (κ1) is 13.7. The fourth-order valence-corrected chi connectivity index (χ4v) is 2.44. The number of phenolic OH excluding ortho intramolecular Hbond substituents is 2. The molecule has 108 valence electrons. The van der Waals surface area contributed by atoms with Crippen LogP contribution in [0, 0.1) is 5.82 Å². The lowest BCUT2D eigenvalue weighted by molar-refractivity contribution is 0.0844. The van der Waals surface area contributed by atoms with Crippen molar-refractivity contribution < 1.29 is 24.1 Å². The van der Waals surface area contributed by atoms with E-state index in [9.17, 15) is 19.4 Å². The number of benzene rings is 2. The van der Waals surface area contributed by atoms with E-state index in [1.54, 1.807) is 6.07 Å². The van der Waals surface area contributed by atoms with E-state index >= 15 is 0 Å². The summed E-state index contributed by atoms with van der Waals surface area (Å²) in [6.07, 6.45) is -0.732. The highest BCUT2D eigenvalue weighted by atomic mass is 35.5. The predicted octanol–water partition coefficient (Wildman–Crippen LogP) is 3.60. The number of phenols is 2. The molecule has 0 fully saturated rings. The lowest BCUT2D eigenvalue weighted by atomic mass is 9.95. The summed E-state index contributed by atoms with van der Waals surface area (Å²) in [4.78, 5) is 12.1. The van der Waals surface area contributed by atoms with Crippen LogP contribution in [-0.2, 0) is 0 Å². The molecule has 1 atom stereocenters. The number of ketones is 1. The topological polar surface area (TPSA) is 66.8 Å². The van der Waals surface area contributed by atoms with E-state index < -0.39 is 11.9 Å². The lowest BCUT2D eigenvalue weighted by Gasteiger charge is -2.26. The number of carbonyl (C=O) groups excluding carboxylic acids is 1. The van der Waals surface area contributed by atoms with Crippen LogP contribution in [0.25, 0.3) is 0 Å². The van der Waals surface area contributed by atoms with Crippen molar-refractivity contribution in [3.63, 3.8) is 0 Å². The van der Waals surface area contributed by atoms with E-state index in [1.165, 1.54) is 18.2 Å². The Morgan fingerprint density at radius 2 is 2.00 bits per heavy atom. The number of hydrogen-bond donors (Lipinski definition) is 2. The van der Waals surface area contributed by atoms with Gasteiger partial charge < -0.3 is 14.9 Å². The molecule has 0 saturated carbocycles. The van der Waals surface area contributed by atoms with Crippen molar-refractivity contribution in [3.8, 4) is 17.2 Å².